The van der Waals surface area contributed by atoms with Crippen LogP contribution in [0.2, 0.25) is 0 Å². The first-order valence-corrected chi connectivity index (χ1v) is 7.90. The van der Waals surface area contributed by atoms with Gasteiger partial charge < -0.3 is 10.5 Å². The Morgan fingerprint density at radius 2 is 2.11 bits per heavy atom. The molecule has 1 fully saturated rings. The van der Waals surface area contributed by atoms with Crippen molar-refractivity contribution in [2.75, 3.05) is 20.2 Å². The molecule has 2 rings (SSSR count). The van der Waals surface area contributed by atoms with Crippen molar-refractivity contribution in [2.45, 2.75) is 30.2 Å². The van der Waals surface area contributed by atoms with Gasteiger partial charge in [-0.1, -0.05) is 18.6 Å². The molecule has 1 saturated heterocycles. The van der Waals surface area contributed by atoms with Gasteiger partial charge in [0.05, 0.1) is 7.11 Å². The number of piperidine rings is 1. The summed E-state index contributed by atoms with van der Waals surface area (Å²) in [7, 11) is -2.06. The van der Waals surface area contributed by atoms with Crippen molar-refractivity contribution in [3.8, 4) is 5.75 Å². The number of benzene rings is 1. The van der Waals surface area contributed by atoms with Gasteiger partial charge in [0, 0.05) is 19.1 Å². The molecule has 0 bridgehead atoms. The summed E-state index contributed by atoms with van der Waals surface area (Å²) in [5.41, 5.74) is 5.70. The van der Waals surface area contributed by atoms with Gasteiger partial charge in [-0.25, -0.2) is 8.42 Å². The lowest BCUT2D eigenvalue weighted by Gasteiger charge is -2.34. The SMILES string of the molecule is COc1ccccc1S(=O)(=O)N1CCCCC1CN. The minimum atomic E-state index is -3.54. The third-order valence-electron chi connectivity index (χ3n) is 3.50. The molecule has 1 heterocycles. The molecule has 0 aromatic heterocycles. The van der Waals surface area contributed by atoms with E-state index in [9.17, 15) is 8.42 Å². The summed E-state index contributed by atoms with van der Waals surface area (Å²) in [5, 5.41) is 0. The van der Waals surface area contributed by atoms with Gasteiger partial charge in [-0.2, -0.15) is 4.31 Å². The summed E-state index contributed by atoms with van der Waals surface area (Å²) >= 11 is 0. The summed E-state index contributed by atoms with van der Waals surface area (Å²) < 4.78 is 32.1. The van der Waals surface area contributed by atoms with Crippen LogP contribution in [0.4, 0.5) is 0 Å². The van der Waals surface area contributed by atoms with E-state index in [1.54, 1.807) is 24.3 Å². The Hall–Kier alpha value is -1.11. The summed E-state index contributed by atoms with van der Waals surface area (Å²) in [4.78, 5) is 0.220. The van der Waals surface area contributed by atoms with Crippen LogP contribution in [0, 0.1) is 0 Å². The van der Waals surface area contributed by atoms with Crippen LogP contribution in [0.5, 0.6) is 5.75 Å². The molecule has 0 aliphatic carbocycles. The highest BCUT2D eigenvalue weighted by Crippen LogP contribution is 2.30. The molecule has 1 aromatic carbocycles. The molecule has 0 spiro atoms. The van der Waals surface area contributed by atoms with Crippen LogP contribution in [0.25, 0.3) is 0 Å². The van der Waals surface area contributed by atoms with E-state index in [4.69, 9.17) is 10.5 Å². The smallest absolute Gasteiger partial charge is 0.247 e. The van der Waals surface area contributed by atoms with Crippen molar-refractivity contribution in [3.05, 3.63) is 24.3 Å². The lowest BCUT2D eigenvalue weighted by atomic mass is 10.1. The van der Waals surface area contributed by atoms with Gasteiger partial charge in [0.25, 0.3) is 0 Å². The van der Waals surface area contributed by atoms with Gasteiger partial charge >= 0.3 is 0 Å². The molecule has 1 aromatic rings. The van der Waals surface area contributed by atoms with Gasteiger partial charge in [0.1, 0.15) is 10.6 Å². The van der Waals surface area contributed by atoms with Crippen LogP contribution >= 0.6 is 0 Å². The molecule has 0 radical (unpaired) electrons. The normalized spacial score (nSPS) is 21.3. The number of hydrogen-bond acceptors (Lipinski definition) is 4. The maximum Gasteiger partial charge on any atom is 0.247 e. The average Bonchev–Trinajstić information content (AvgIpc) is 2.47. The van der Waals surface area contributed by atoms with Gasteiger partial charge in [-0.15, -0.1) is 0 Å². The van der Waals surface area contributed by atoms with Crippen molar-refractivity contribution >= 4 is 10.0 Å². The predicted molar refractivity (Wildman–Crippen MR) is 73.6 cm³/mol. The van der Waals surface area contributed by atoms with E-state index in [0.717, 1.165) is 19.3 Å². The van der Waals surface area contributed by atoms with Gasteiger partial charge in [0.15, 0.2) is 0 Å². The maximum atomic E-state index is 12.7. The minimum absolute atomic E-state index is 0.108. The number of nitrogens with zero attached hydrogens (tertiary/aromatic N) is 1. The molecule has 5 nitrogen and oxygen atoms in total. The Bertz CT molecular complexity index is 530. The predicted octanol–water partition coefficient (Wildman–Crippen LogP) is 1.20. The molecule has 0 amide bonds. The van der Waals surface area contributed by atoms with Crippen molar-refractivity contribution in [3.63, 3.8) is 0 Å². The standard InChI is InChI=1S/C13H20N2O3S/c1-18-12-7-2-3-8-13(12)19(16,17)15-9-5-4-6-11(15)10-14/h2-3,7-8,11H,4-6,9-10,14H2,1H3. The molecule has 2 N–H and O–H groups in total. The maximum absolute atomic E-state index is 12.7. The second-order valence-electron chi connectivity index (χ2n) is 4.65. The monoisotopic (exact) mass is 284 g/mol. The van der Waals surface area contributed by atoms with Gasteiger partial charge in [-0.3, -0.25) is 0 Å². The molecule has 6 heteroatoms. The second kappa shape index (κ2) is 5.90. The first-order valence-electron chi connectivity index (χ1n) is 6.46. The van der Waals surface area contributed by atoms with Crippen LogP contribution < -0.4 is 10.5 Å². The summed E-state index contributed by atoms with van der Waals surface area (Å²) in [6, 6.07) is 6.60. The Labute approximate surface area is 114 Å². The Kier molecular flexibility index (Phi) is 4.44. The lowest BCUT2D eigenvalue weighted by molar-refractivity contribution is 0.256. The highest BCUT2D eigenvalue weighted by atomic mass is 32.2. The van der Waals surface area contributed by atoms with Gasteiger partial charge in [-0.05, 0) is 25.0 Å². The van der Waals surface area contributed by atoms with E-state index >= 15 is 0 Å². The highest BCUT2D eigenvalue weighted by molar-refractivity contribution is 7.89. The zero-order valence-electron chi connectivity index (χ0n) is 11.1. The number of hydrogen-bond donors (Lipinski definition) is 1. The largest absolute Gasteiger partial charge is 0.495 e. The molecule has 1 aliphatic heterocycles. The molecule has 1 unspecified atom stereocenters. The van der Waals surface area contributed by atoms with Crippen LogP contribution in [0.15, 0.2) is 29.2 Å². The van der Waals surface area contributed by atoms with Gasteiger partial charge in [0.2, 0.25) is 10.0 Å². The topological polar surface area (TPSA) is 72.6 Å². The van der Waals surface area contributed by atoms with E-state index in [1.165, 1.54) is 11.4 Å². The number of para-hydroxylation sites is 1. The molecule has 0 saturated carbocycles. The van der Waals surface area contributed by atoms with Crippen molar-refractivity contribution in [1.29, 1.82) is 0 Å². The first-order chi connectivity index (χ1) is 9.11. The fourth-order valence-corrected chi connectivity index (χ4v) is 4.35. The quantitative estimate of drug-likeness (QED) is 0.901. The zero-order valence-corrected chi connectivity index (χ0v) is 11.9. The van der Waals surface area contributed by atoms with Crippen LogP contribution in [-0.4, -0.2) is 39.0 Å². The summed E-state index contributed by atoms with van der Waals surface area (Å²) in [5.74, 6) is 0.379. The minimum Gasteiger partial charge on any atom is -0.495 e. The van der Waals surface area contributed by atoms with Crippen molar-refractivity contribution in [2.24, 2.45) is 5.73 Å². The van der Waals surface area contributed by atoms with Crippen molar-refractivity contribution < 1.29 is 13.2 Å². The number of methoxy groups -OCH3 is 1. The fourth-order valence-electron chi connectivity index (χ4n) is 2.48. The third kappa shape index (κ3) is 2.75. The molecule has 1 aliphatic rings. The van der Waals surface area contributed by atoms with E-state index < -0.39 is 10.0 Å². The third-order valence-corrected chi connectivity index (χ3v) is 5.49. The Morgan fingerprint density at radius 1 is 1.37 bits per heavy atom. The number of rotatable bonds is 4. The van der Waals surface area contributed by atoms with E-state index in [-0.39, 0.29) is 10.9 Å². The van der Waals surface area contributed by atoms with Crippen LogP contribution in [0.3, 0.4) is 0 Å². The van der Waals surface area contributed by atoms with Crippen LogP contribution in [-0.2, 0) is 10.0 Å². The summed E-state index contributed by atoms with van der Waals surface area (Å²) in [6.07, 6.45) is 2.73. The van der Waals surface area contributed by atoms with E-state index in [1.807, 2.05) is 0 Å². The average molecular weight is 284 g/mol. The molecule has 19 heavy (non-hydrogen) atoms. The molecule has 106 valence electrons. The molecule has 1 atom stereocenters. The molecular weight excluding hydrogens is 264 g/mol. The van der Waals surface area contributed by atoms with Crippen molar-refractivity contribution in [1.82, 2.24) is 4.31 Å². The second-order valence-corrected chi connectivity index (χ2v) is 6.51. The number of sulfonamides is 1. The molecular formula is C13H20N2O3S. The summed E-state index contributed by atoms with van der Waals surface area (Å²) in [6.45, 7) is 0.886. The number of ether oxygens (including phenoxy) is 1. The van der Waals surface area contributed by atoms with Crippen LogP contribution in [0.1, 0.15) is 19.3 Å². The number of nitrogens with two attached hydrogens (primary N) is 1. The Balaban J connectivity index is 2.40. The lowest BCUT2D eigenvalue weighted by Crippen LogP contribution is -2.47. The first kappa shape index (κ1) is 14.3. The Morgan fingerprint density at radius 3 is 2.79 bits per heavy atom. The van der Waals surface area contributed by atoms with E-state index in [0.29, 0.717) is 18.8 Å². The van der Waals surface area contributed by atoms with E-state index in [2.05, 4.69) is 0 Å². The fraction of sp³-hybridized carbons (Fsp3) is 0.538. The zero-order chi connectivity index (χ0) is 13.9. The highest BCUT2D eigenvalue weighted by Gasteiger charge is 2.34.